The first-order chi connectivity index (χ1) is 14.7. The molecule has 0 spiro atoms. The van der Waals surface area contributed by atoms with Gasteiger partial charge in [-0.05, 0) is 29.3 Å². The van der Waals surface area contributed by atoms with Crippen molar-refractivity contribution in [2.45, 2.75) is 0 Å². The molecule has 150 valence electrons. The molecule has 5 nitrogen and oxygen atoms in total. The van der Waals surface area contributed by atoms with E-state index in [-0.39, 0.29) is 5.91 Å². The number of carbonyl (C=O) groups is 1. The van der Waals surface area contributed by atoms with E-state index in [0.29, 0.717) is 22.2 Å². The fraction of sp³-hybridized carbons (Fsp3) is 0.0833. The molecule has 0 unspecified atom stereocenters. The van der Waals surface area contributed by atoms with Gasteiger partial charge in [0.05, 0.1) is 19.9 Å². The highest BCUT2D eigenvalue weighted by Gasteiger charge is 2.13. The third-order valence-corrected chi connectivity index (χ3v) is 5.42. The molecule has 1 aromatic heterocycles. The molecule has 6 heteroatoms. The Balaban J connectivity index is 1.48. The normalized spacial score (nSPS) is 10.5. The number of nitrogens with one attached hydrogen (secondary N) is 1. The number of nitrogens with zero attached hydrogens (tertiary/aromatic N) is 1. The number of aromatic nitrogens is 1. The van der Waals surface area contributed by atoms with Crippen molar-refractivity contribution in [2.75, 3.05) is 19.5 Å². The molecule has 0 fully saturated rings. The Bertz CT molecular complexity index is 1150. The minimum atomic E-state index is -0.253. The Labute approximate surface area is 178 Å². The van der Waals surface area contributed by atoms with Gasteiger partial charge in [0.2, 0.25) is 0 Å². The minimum absolute atomic E-state index is 0.253. The first-order valence-electron chi connectivity index (χ1n) is 9.32. The second-order valence-corrected chi connectivity index (χ2v) is 7.36. The maximum atomic E-state index is 12.6. The highest BCUT2D eigenvalue weighted by Crippen LogP contribution is 2.30. The first-order valence-corrected chi connectivity index (χ1v) is 10.2. The lowest BCUT2D eigenvalue weighted by Crippen LogP contribution is -2.11. The average molecular weight is 417 g/mol. The molecule has 0 aliphatic carbocycles. The molecule has 4 rings (SSSR count). The van der Waals surface area contributed by atoms with E-state index in [1.54, 1.807) is 25.3 Å². The number of hydrogen-bond acceptors (Lipinski definition) is 5. The van der Waals surface area contributed by atoms with E-state index < -0.39 is 0 Å². The SMILES string of the molecule is COc1ccc(C(=O)Nc2nc(-c3ccc(-c4ccccc4)cc3)cs2)cc1OC. The molecule has 1 heterocycles. The Morgan fingerprint density at radius 1 is 0.833 bits per heavy atom. The van der Waals surface area contributed by atoms with Crippen molar-refractivity contribution in [1.82, 2.24) is 4.98 Å². The fourth-order valence-corrected chi connectivity index (χ4v) is 3.79. The van der Waals surface area contributed by atoms with Crippen LogP contribution in [0.2, 0.25) is 0 Å². The Morgan fingerprint density at radius 3 is 2.20 bits per heavy atom. The number of carbonyl (C=O) groups excluding carboxylic acids is 1. The third kappa shape index (κ3) is 4.18. The zero-order valence-corrected chi connectivity index (χ0v) is 17.4. The summed E-state index contributed by atoms with van der Waals surface area (Å²) >= 11 is 1.39. The van der Waals surface area contributed by atoms with Crippen LogP contribution in [0.3, 0.4) is 0 Å². The molecule has 30 heavy (non-hydrogen) atoms. The number of ether oxygens (including phenoxy) is 2. The summed E-state index contributed by atoms with van der Waals surface area (Å²) in [5.74, 6) is 0.823. The van der Waals surface area contributed by atoms with E-state index in [9.17, 15) is 4.79 Å². The number of anilines is 1. The lowest BCUT2D eigenvalue weighted by molar-refractivity contribution is 0.102. The number of hydrogen-bond donors (Lipinski definition) is 1. The van der Waals surface area contributed by atoms with Crippen molar-refractivity contribution in [2.24, 2.45) is 0 Å². The highest BCUT2D eigenvalue weighted by atomic mass is 32.1. The van der Waals surface area contributed by atoms with Gasteiger partial charge in [0.25, 0.3) is 5.91 Å². The summed E-state index contributed by atoms with van der Waals surface area (Å²) in [6.07, 6.45) is 0. The molecule has 3 aromatic carbocycles. The van der Waals surface area contributed by atoms with E-state index in [0.717, 1.165) is 16.8 Å². The van der Waals surface area contributed by atoms with Gasteiger partial charge in [-0.2, -0.15) is 0 Å². The minimum Gasteiger partial charge on any atom is -0.493 e. The van der Waals surface area contributed by atoms with Crippen LogP contribution in [0.25, 0.3) is 22.4 Å². The van der Waals surface area contributed by atoms with Crippen molar-refractivity contribution in [3.05, 3.63) is 83.7 Å². The zero-order chi connectivity index (χ0) is 20.9. The van der Waals surface area contributed by atoms with Crippen LogP contribution >= 0.6 is 11.3 Å². The topological polar surface area (TPSA) is 60.5 Å². The van der Waals surface area contributed by atoms with Crippen LogP contribution in [-0.2, 0) is 0 Å². The molecule has 0 radical (unpaired) electrons. The Kier molecular flexibility index (Phi) is 5.77. The molecule has 0 saturated heterocycles. The predicted octanol–water partition coefficient (Wildman–Crippen LogP) is 5.75. The van der Waals surface area contributed by atoms with Gasteiger partial charge in [0.1, 0.15) is 0 Å². The molecule has 1 N–H and O–H groups in total. The van der Waals surface area contributed by atoms with Crippen molar-refractivity contribution in [3.63, 3.8) is 0 Å². The number of thiazole rings is 1. The standard InChI is InChI=1S/C24H20N2O3S/c1-28-21-13-12-19(14-22(21)29-2)23(27)26-24-25-20(15-30-24)18-10-8-17(9-11-18)16-6-4-3-5-7-16/h3-15H,1-2H3,(H,25,26,27). The van der Waals surface area contributed by atoms with Gasteiger partial charge < -0.3 is 9.47 Å². The quantitative estimate of drug-likeness (QED) is 0.435. The molecule has 0 saturated carbocycles. The van der Waals surface area contributed by atoms with Crippen LogP contribution in [0.5, 0.6) is 11.5 Å². The van der Waals surface area contributed by atoms with Gasteiger partial charge in [-0.15, -0.1) is 11.3 Å². The maximum absolute atomic E-state index is 12.6. The van der Waals surface area contributed by atoms with Crippen molar-refractivity contribution >= 4 is 22.4 Å². The van der Waals surface area contributed by atoms with Crippen molar-refractivity contribution in [3.8, 4) is 33.9 Å². The van der Waals surface area contributed by atoms with E-state index >= 15 is 0 Å². The van der Waals surface area contributed by atoms with Crippen LogP contribution in [0, 0.1) is 0 Å². The van der Waals surface area contributed by atoms with Gasteiger partial charge in [0.15, 0.2) is 16.6 Å². The molecule has 0 aliphatic heterocycles. The van der Waals surface area contributed by atoms with Gasteiger partial charge in [-0.1, -0.05) is 54.6 Å². The zero-order valence-electron chi connectivity index (χ0n) is 16.6. The van der Waals surface area contributed by atoms with E-state index in [2.05, 4.69) is 34.6 Å². The lowest BCUT2D eigenvalue weighted by Gasteiger charge is -2.09. The monoisotopic (exact) mass is 416 g/mol. The van der Waals surface area contributed by atoms with Gasteiger partial charge in [-0.25, -0.2) is 4.98 Å². The molecule has 0 aliphatic rings. The summed E-state index contributed by atoms with van der Waals surface area (Å²) in [5, 5.41) is 5.32. The Hall–Kier alpha value is -3.64. The second kappa shape index (κ2) is 8.80. The van der Waals surface area contributed by atoms with Crippen molar-refractivity contribution < 1.29 is 14.3 Å². The first kappa shape index (κ1) is 19.7. The van der Waals surface area contributed by atoms with Crippen LogP contribution in [0.15, 0.2) is 78.2 Å². The van der Waals surface area contributed by atoms with Crippen molar-refractivity contribution in [1.29, 1.82) is 0 Å². The van der Waals surface area contributed by atoms with E-state index in [1.807, 2.05) is 35.7 Å². The molecule has 1 amide bonds. The third-order valence-electron chi connectivity index (χ3n) is 4.66. The predicted molar refractivity (Wildman–Crippen MR) is 120 cm³/mol. The highest BCUT2D eigenvalue weighted by molar-refractivity contribution is 7.14. The van der Waals surface area contributed by atoms with E-state index in [1.165, 1.54) is 24.0 Å². The number of rotatable bonds is 6. The molecule has 0 atom stereocenters. The summed E-state index contributed by atoms with van der Waals surface area (Å²) in [6.45, 7) is 0. The van der Waals surface area contributed by atoms with Crippen LogP contribution < -0.4 is 14.8 Å². The lowest BCUT2D eigenvalue weighted by atomic mass is 10.0. The maximum Gasteiger partial charge on any atom is 0.257 e. The smallest absolute Gasteiger partial charge is 0.257 e. The summed E-state index contributed by atoms with van der Waals surface area (Å²) in [4.78, 5) is 17.1. The molecule has 0 bridgehead atoms. The van der Waals surface area contributed by atoms with Crippen LogP contribution in [0.1, 0.15) is 10.4 Å². The largest absolute Gasteiger partial charge is 0.493 e. The van der Waals surface area contributed by atoms with Gasteiger partial charge >= 0.3 is 0 Å². The summed E-state index contributed by atoms with van der Waals surface area (Å²) < 4.78 is 10.5. The summed E-state index contributed by atoms with van der Waals surface area (Å²) in [5.41, 5.74) is 4.61. The second-order valence-electron chi connectivity index (χ2n) is 6.51. The number of amides is 1. The summed E-state index contributed by atoms with van der Waals surface area (Å²) in [6, 6.07) is 23.5. The molecular formula is C24H20N2O3S. The average Bonchev–Trinajstić information content (AvgIpc) is 3.27. The molecule has 4 aromatic rings. The fourth-order valence-electron chi connectivity index (χ4n) is 3.07. The summed E-state index contributed by atoms with van der Waals surface area (Å²) in [7, 11) is 3.09. The van der Waals surface area contributed by atoms with E-state index in [4.69, 9.17) is 9.47 Å². The van der Waals surface area contributed by atoms with Crippen LogP contribution in [0.4, 0.5) is 5.13 Å². The Morgan fingerprint density at radius 2 is 1.50 bits per heavy atom. The molecular weight excluding hydrogens is 396 g/mol. The van der Waals surface area contributed by atoms with Crippen LogP contribution in [-0.4, -0.2) is 25.1 Å². The number of benzene rings is 3. The van der Waals surface area contributed by atoms with Gasteiger partial charge in [-0.3, -0.25) is 10.1 Å². The number of methoxy groups -OCH3 is 2. The van der Waals surface area contributed by atoms with Gasteiger partial charge in [0, 0.05) is 16.5 Å².